The van der Waals surface area contributed by atoms with Gasteiger partial charge in [-0.1, -0.05) is 41.0 Å². The van der Waals surface area contributed by atoms with Gasteiger partial charge >= 0.3 is 0 Å². The van der Waals surface area contributed by atoms with Crippen LogP contribution in [0.2, 0.25) is 0 Å². The van der Waals surface area contributed by atoms with Gasteiger partial charge in [0.2, 0.25) is 0 Å². The third kappa shape index (κ3) is 2.41. The highest BCUT2D eigenvalue weighted by Gasteiger charge is 2.63. The van der Waals surface area contributed by atoms with Crippen LogP contribution in [0.25, 0.3) is 0 Å². The van der Waals surface area contributed by atoms with Crippen molar-refractivity contribution in [1.29, 1.82) is 0 Å². The first-order valence-corrected chi connectivity index (χ1v) is 7.63. The zero-order valence-electron chi connectivity index (χ0n) is 12.5. The van der Waals surface area contributed by atoms with E-state index in [2.05, 4.69) is 39.9 Å². The summed E-state index contributed by atoms with van der Waals surface area (Å²) in [4.78, 5) is 0. The van der Waals surface area contributed by atoms with Crippen LogP contribution >= 0.6 is 0 Å². The predicted octanol–water partition coefficient (Wildman–Crippen LogP) is 4.23. The summed E-state index contributed by atoms with van der Waals surface area (Å²) in [6.07, 6.45) is 7.10. The van der Waals surface area contributed by atoms with E-state index in [9.17, 15) is 0 Å². The SMILES string of the molecule is CCC1CCC(NCC2C(C)(C)C2(C)C)CC1. The van der Waals surface area contributed by atoms with Crippen molar-refractivity contribution in [2.45, 2.75) is 72.8 Å². The molecule has 2 aliphatic rings. The van der Waals surface area contributed by atoms with Gasteiger partial charge in [-0.05, 0) is 54.9 Å². The summed E-state index contributed by atoms with van der Waals surface area (Å²) in [6.45, 7) is 13.3. The molecule has 1 nitrogen and oxygen atoms in total. The molecule has 0 heterocycles. The van der Waals surface area contributed by atoms with Crippen molar-refractivity contribution in [1.82, 2.24) is 5.32 Å². The summed E-state index contributed by atoms with van der Waals surface area (Å²) in [6, 6.07) is 0.810. The molecule has 0 aromatic carbocycles. The molecule has 0 bridgehead atoms. The Balaban J connectivity index is 1.71. The predicted molar refractivity (Wildman–Crippen MR) is 75.1 cm³/mol. The standard InChI is InChI=1S/C16H31N/c1-6-12-7-9-13(10-8-12)17-11-14-15(2,3)16(14,4)5/h12-14,17H,6-11H2,1-5H3. The molecule has 0 aromatic heterocycles. The molecule has 17 heavy (non-hydrogen) atoms. The van der Waals surface area contributed by atoms with Crippen LogP contribution in [-0.2, 0) is 0 Å². The van der Waals surface area contributed by atoms with E-state index >= 15 is 0 Å². The van der Waals surface area contributed by atoms with Crippen LogP contribution < -0.4 is 5.32 Å². The zero-order valence-corrected chi connectivity index (χ0v) is 12.5. The molecule has 0 aromatic rings. The van der Waals surface area contributed by atoms with Crippen LogP contribution in [0.4, 0.5) is 0 Å². The Kier molecular flexibility index (Phi) is 3.60. The molecule has 0 saturated heterocycles. The Bertz CT molecular complexity index is 245. The van der Waals surface area contributed by atoms with Crippen molar-refractivity contribution >= 4 is 0 Å². The summed E-state index contributed by atoms with van der Waals surface area (Å²) in [5.41, 5.74) is 1.08. The monoisotopic (exact) mass is 237 g/mol. The van der Waals surface area contributed by atoms with Crippen molar-refractivity contribution < 1.29 is 0 Å². The zero-order chi connectivity index (χ0) is 12.7. The highest BCUT2D eigenvalue weighted by molar-refractivity contribution is 5.13. The first-order valence-electron chi connectivity index (χ1n) is 7.63. The van der Waals surface area contributed by atoms with Crippen LogP contribution in [0, 0.1) is 22.7 Å². The number of hydrogen-bond donors (Lipinski definition) is 1. The second kappa shape index (κ2) is 4.57. The van der Waals surface area contributed by atoms with Crippen LogP contribution in [0.3, 0.4) is 0 Å². The Morgan fingerprint density at radius 1 is 0.941 bits per heavy atom. The van der Waals surface area contributed by atoms with Crippen LogP contribution in [0.15, 0.2) is 0 Å². The summed E-state index contributed by atoms with van der Waals surface area (Å²) in [5, 5.41) is 3.84. The molecule has 2 fully saturated rings. The summed E-state index contributed by atoms with van der Waals surface area (Å²) < 4.78 is 0. The molecule has 0 radical (unpaired) electrons. The molecular formula is C16H31N. The van der Waals surface area contributed by atoms with Gasteiger partial charge in [0.15, 0.2) is 0 Å². The molecule has 0 amide bonds. The lowest BCUT2D eigenvalue weighted by Gasteiger charge is -2.28. The quantitative estimate of drug-likeness (QED) is 0.771. The molecular weight excluding hydrogens is 206 g/mol. The van der Waals surface area contributed by atoms with Gasteiger partial charge < -0.3 is 5.32 Å². The molecule has 2 aliphatic carbocycles. The number of hydrogen-bond acceptors (Lipinski definition) is 1. The van der Waals surface area contributed by atoms with E-state index in [0.717, 1.165) is 17.9 Å². The first kappa shape index (κ1) is 13.4. The maximum atomic E-state index is 3.84. The fourth-order valence-corrected chi connectivity index (χ4v) is 3.90. The van der Waals surface area contributed by atoms with Gasteiger partial charge in [-0.2, -0.15) is 0 Å². The number of rotatable bonds is 4. The van der Waals surface area contributed by atoms with Crippen LogP contribution in [0.1, 0.15) is 66.7 Å². The maximum Gasteiger partial charge on any atom is 0.00673 e. The largest absolute Gasteiger partial charge is 0.314 e. The minimum absolute atomic E-state index is 0.542. The average molecular weight is 237 g/mol. The lowest BCUT2D eigenvalue weighted by Crippen LogP contribution is -2.35. The van der Waals surface area contributed by atoms with Crippen LogP contribution in [0.5, 0.6) is 0 Å². The minimum atomic E-state index is 0.542. The van der Waals surface area contributed by atoms with Gasteiger partial charge in [-0.15, -0.1) is 0 Å². The van der Waals surface area contributed by atoms with E-state index in [0.29, 0.717) is 10.8 Å². The van der Waals surface area contributed by atoms with Gasteiger partial charge in [-0.25, -0.2) is 0 Å². The van der Waals surface area contributed by atoms with E-state index in [1.165, 1.54) is 38.6 Å². The summed E-state index contributed by atoms with van der Waals surface area (Å²) >= 11 is 0. The summed E-state index contributed by atoms with van der Waals surface area (Å²) in [5.74, 6) is 1.89. The van der Waals surface area contributed by atoms with Gasteiger partial charge in [0.05, 0.1) is 0 Å². The van der Waals surface area contributed by atoms with E-state index in [-0.39, 0.29) is 0 Å². The summed E-state index contributed by atoms with van der Waals surface area (Å²) in [7, 11) is 0. The molecule has 2 rings (SSSR count). The highest BCUT2D eigenvalue weighted by Crippen LogP contribution is 2.67. The third-order valence-electron chi connectivity index (χ3n) is 6.35. The third-order valence-corrected chi connectivity index (χ3v) is 6.35. The Morgan fingerprint density at radius 2 is 1.47 bits per heavy atom. The lowest BCUT2D eigenvalue weighted by molar-refractivity contribution is 0.280. The van der Waals surface area contributed by atoms with Crippen LogP contribution in [-0.4, -0.2) is 12.6 Å². The fourth-order valence-electron chi connectivity index (χ4n) is 3.90. The molecule has 0 unspecified atom stereocenters. The molecule has 0 atom stereocenters. The fraction of sp³-hybridized carbons (Fsp3) is 1.00. The lowest BCUT2D eigenvalue weighted by atomic mass is 9.84. The second-order valence-corrected chi connectivity index (χ2v) is 7.53. The molecule has 100 valence electrons. The number of nitrogens with one attached hydrogen (secondary N) is 1. The van der Waals surface area contributed by atoms with Crippen molar-refractivity contribution in [3.05, 3.63) is 0 Å². The van der Waals surface area contributed by atoms with Gasteiger partial charge in [0.1, 0.15) is 0 Å². The minimum Gasteiger partial charge on any atom is -0.314 e. The van der Waals surface area contributed by atoms with E-state index in [1.807, 2.05) is 0 Å². The Morgan fingerprint density at radius 3 is 1.88 bits per heavy atom. The molecule has 0 spiro atoms. The van der Waals surface area contributed by atoms with Gasteiger partial charge in [0, 0.05) is 6.04 Å². The van der Waals surface area contributed by atoms with Crippen molar-refractivity contribution in [2.24, 2.45) is 22.7 Å². The second-order valence-electron chi connectivity index (χ2n) is 7.53. The smallest absolute Gasteiger partial charge is 0.00673 e. The van der Waals surface area contributed by atoms with Gasteiger partial charge in [-0.3, -0.25) is 0 Å². The maximum absolute atomic E-state index is 3.84. The van der Waals surface area contributed by atoms with E-state index in [4.69, 9.17) is 0 Å². The average Bonchev–Trinajstić information content (AvgIpc) is 2.68. The molecule has 1 heteroatoms. The molecule has 0 aliphatic heterocycles. The molecule has 2 saturated carbocycles. The highest BCUT2D eigenvalue weighted by atomic mass is 14.9. The first-order chi connectivity index (χ1) is 7.89. The van der Waals surface area contributed by atoms with Crippen molar-refractivity contribution in [2.75, 3.05) is 6.54 Å². The van der Waals surface area contributed by atoms with E-state index < -0.39 is 0 Å². The Hall–Kier alpha value is -0.0400. The molecule has 1 N–H and O–H groups in total. The van der Waals surface area contributed by atoms with Crippen molar-refractivity contribution in [3.63, 3.8) is 0 Å². The van der Waals surface area contributed by atoms with Crippen molar-refractivity contribution in [3.8, 4) is 0 Å². The topological polar surface area (TPSA) is 12.0 Å². The van der Waals surface area contributed by atoms with Gasteiger partial charge in [0.25, 0.3) is 0 Å². The Labute approximate surface area is 108 Å². The normalized spacial score (nSPS) is 35.8. The van der Waals surface area contributed by atoms with E-state index in [1.54, 1.807) is 0 Å².